The van der Waals surface area contributed by atoms with Crippen LogP contribution in [0.15, 0.2) is 12.1 Å². The van der Waals surface area contributed by atoms with Gasteiger partial charge in [-0.05, 0) is 47.3 Å². The Hall–Kier alpha value is -1.22. The second kappa shape index (κ2) is 5.88. The third-order valence-electron chi connectivity index (χ3n) is 4.49. The molecule has 0 bridgehead atoms. The van der Waals surface area contributed by atoms with E-state index in [4.69, 9.17) is 17.3 Å². The highest BCUT2D eigenvalue weighted by Gasteiger charge is 2.34. The molecular formula is C17H24ClNO2. The van der Waals surface area contributed by atoms with Gasteiger partial charge in [0.15, 0.2) is 0 Å². The lowest BCUT2D eigenvalue weighted by molar-refractivity contribution is -0.138. The van der Waals surface area contributed by atoms with Crippen molar-refractivity contribution in [3.05, 3.63) is 28.3 Å². The summed E-state index contributed by atoms with van der Waals surface area (Å²) in [6.45, 7) is 6.28. The van der Waals surface area contributed by atoms with Gasteiger partial charge in [0.25, 0.3) is 0 Å². The number of hydrogen-bond donors (Lipinski definition) is 2. The van der Waals surface area contributed by atoms with Crippen molar-refractivity contribution in [1.29, 1.82) is 0 Å². The van der Waals surface area contributed by atoms with E-state index in [0.29, 0.717) is 16.6 Å². The molecule has 1 unspecified atom stereocenters. The first-order valence-corrected chi connectivity index (χ1v) is 7.89. The van der Waals surface area contributed by atoms with E-state index in [1.54, 1.807) is 6.07 Å². The van der Waals surface area contributed by atoms with Crippen molar-refractivity contribution >= 4 is 23.3 Å². The maximum Gasteiger partial charge on any atom is 0.303 e. The third-order valence-corrected chi connectivity index (χ3v) is 4.82. The average Bonchev–Trinajstić information content (AvgIpc) is 2.27. The van der Waals surface area contributed by atoms with Crippen LogP contribution in [0.25, 0.3) is 0 Å². The third kappa shape index (κ3) is 3.34. The number of nitrogen functional groups attached to an aromatic ring is 1. The number of carboxylic acid groups (broad SMARTS) is 1. The number of halogens is 1. The van der Waals surface area contributed by atoms with Crippen molar-refractivity contribution in [1.82, 2.24) is 0 Å². The lowest BCUT2D eigenvalue weighted by Gasteiger charge is -2.37. The van der Waals surface area contributed by atoms with Gasteiger partial charge in [-0.3, -0.25) is 4.79 Å². The molecule has 116 valence electrons. The number of nitrogens with two attached hydrogens (primary N) is 1. The monoisotopic (exact) mass is 309 g/mol. The number of hydrogen-bond acceptors (Lipinski definition) is 2. The summed E-state index contributed by atoms with van der Waals surface area (Å²) in [7, 11) is 0. The Morgan fingerprint density at radius 1 is 1.43 bits per heavy atom. The lowest BCUT2D eigenvalue weighted by atomic mass is 9.68. The highest BCUT2D eigenvalue weighted by molar-refractivity contribution is 6.33. The van der Waals surface area contributed by atoms with Crippen LogP contribution in [0.5, 0.6) is 0 Å². The fourth-order valence-corrected chi connectivity index (χ4v) is 3.48. The van der Waals surface area contributed by atoms with Crippen LogP contribution in [0.4, 0.5) is 5.69 Å². The van der Waals surface area contributed by atoms with Gasteiger partial charge in [-0.1, -0.05) is 44.9 Å². The van der Waals surface area contributed by atoms with Crippen LogP contribution in [0.2, 0.25) is 5.02 Å². The van der Waals surface area contributed by atoms with Crippen molar-refractivity contribution in [2.24, 2.45) is 5.92 Å². The van der Waals surface area contributed by atoms with E-state index in [9.17, 15) is 9.90 Å². The number of anilines is 1. The molecule has 0 amide bonds. The van der Waals surface area contributed by atoms with Crippen LogP contribution in [0.3, 0.4) is 0 Å². The highest BCUT2D eigenvalue weighted by atomic mass is 35.5. The van der Waals surface area contributed by atoms with Gasteiger partial charge in [-0.15, -0.1) is 0 Å². The molecule has 4 heteroatoms. The molecule has 1 fully saturated rings. The molecule has 1 aromatic carbocycles. The maximum absolute atomic E-state index is 11.3. The van der Waals surface area contributed by atoms with Gasteiger partial charge >= 0.3 is 5.97 Å². The van der Waals surface area contributed by atoms with Crippen LogP contribution >= 0.6 is 11.6 Å². The Morgan fingerprint density at radius 2 is 2.05 bits per heavy atom. The van der Waals surface area contributed by atoms with E-state index in [1.165, 1.54) is 6.42 Å². The molecule has 1 saturated carbocycles. The van der Waals surface area contributed by atoms with E-state index in [-0.39, 0.29) is 17.8 Å². The van der Waals surface area contributed by atoms with Crippen LogP contribution in [0, 0.1) is 5.92 Å². The molecule has 0 aromatic heterocycles. The molecule has 2 rings (SSSR count). The SMILES string of the molecule is CC(C)(C)c1c(C(CC(=O)O)C2CCC2)ccc(Cl)c1N. The van der Waals surface area contributed by atoms with E-state index < -0.39 is 5.97 Å². The second-order valence-electron chi connectivity index (χ2n) is 7.07. The molecule has 3 nitrogen and oxygen atoms in total. The molecule has 3 N–H and O–H groups in total. The van der Waals surface area contributed by atoms with Crippen molar-refractivity contribution in [3.63, 3.8) is 0 Å². The second-order valence-corrected chi connectivity index (χ2v) is 7.48. The van der Waals surface area contributed by atoms with Gasteiger partial charge in [-0.25, -0.2) is 0 Å². The van der Waals surface area contributed by atoms with Crippen LogP contribution < -0.4 is 5.73 Å². The Bertz CT molecular complexity index is 544. The van der Waals surface area contributed by atoms with Gasteiger partial charge in [0.2, 0.25) is 0 Å². The molecule has 1 atom stereocenters. The number of carbonyl (C=O) groups is 1. The fourth-order valence-electron chi connectivity index (χ4n) is 3.32. The van der Waals surface area contributed by atoms with Gasteiger partial charge in [0.1, 0.15) is 0 Å². The predicted molar refractivity (Wildman–Crippen MR) is 86.9 cm³/mol. The standard InChI is InChI=1S/C17H24ClNO2/c1-17(2,3)15-11(7-8-13(18)16(15)19)12(9-14(20)21)10-5-4-6-10/h7-8,10,12H,4-6,9,19H2,1-3H3,(H,20,21). The number of benzene rings is 1. The molecule has 1 aromatic rings. The lowest BCUT2D eigenvalue weighted by Crippen LogP contribution is -2.27. The summed E-state index contributed by atoms with van der Waals surface area (Å²) in [6.07, 6.45) is 3.55. The molecule has 0 saturated heterocycles. The van der Waals surface area contributed by atoms with Crippen molar-refractivity contribution in [2.75, 3.05) is 5.73 Å². The van der Waals surface area contributed by atoms with Gasteiger partial charge < -0.3 is 10.8 Å². The van der Waals surface area contributed by atoms with Crippen LogP contribution in [-0.2, 0) is 10.2 Å². The van der Waals surface area contributed by atoms with Crippen LogP contribution in [0.1, 0.15) is 63.5 Å². The van der Waals surface area contributed by atoms with E-state index in [2.05, 4.69) is 20.8 Å². The zero-order valence-electron chi connectivity index (χ0n) is 12.9. The Kier molecular flexibility index (Phi) is 4.52. The summed E-state index contributed by atoms with van der Waals surface area (Å²) in [5.41, 5.74) is 8.72. The molecule has 0 heterocycles. The first kappa shape index (κ1) is 16.2. The van der Waals surface area contributed by atoms with Crippen molar-refractivity contribution in [3.8, 4) is 0 Å². The minimum Gasteiger partial charge on any atom is -0.481 e. The molecule has 21 heavy (non-hydrogen) atoms. The molecule has 0 aliphatic heterocycles. The number of rotatable bonds is 4. The number of aliphatic carboxylic acids is 1. The smallest absolute Gasteiger partial charge is 0.303 e. The van der Waals surface area contributed by atoms with E-state index >= 15 is 0 Å². The first-order chi connectivity index (χ1) is 9.71. The molecule has 0 spiro atoms. The minimum atomic E-state index is -0.750. The largest absolute Gasteiger partial charge is 0.481 e. The van der Waals surface area contributed by atoms with E-state index in [1.807, 2.05) is 6.07 Å². The molecule has 1 aliphatic rings. The highest BCUT2D eigenvalue weighted by Crippen LogP contribution is 2.46. The summed E-state index contributed by atoms with van der Waals surface area (Å²) >= 11 is 6.19. The maximum atomic E-state index is 11.3. The van der Waals surface area contributed by atoms with Crippen molar-refractivity contribution < 1.29 is 9.90 Å². The van der Waals surface area contributed by atoms with Crippen LogP contribution in [-0.4, -0.2) is 11.1 Å². The fraction of sp³-hybridized carbons (Fsp3) is 0.588. The Balaban J connectivity index is 2.53. The summed E-state index contributed by atoms with van der Waals surface area (Å²) in [6, 6.07) is 3.78. The quantitative estimate of drug-likeness (QED) is 0.800. The van der Waals surface area contributed by atoms with Crippen molar-refractivity contribution in [2.45, 2.75) is 57.8 Å². The molecular weight excluding hydrogens is 286 g/mol. The number of carboxylic acids is 1. The zero-order chi connectivity index (χ0) is 15.8. The minimum absolute atomic E-state index is 0.0324. The summed E-state index contributed by atoms with van der Waals surface area (Å²) in [5, 5.41) is 9.82. The summed E-state index contributed by atoms with van der Waals surface area (Å²) in [4.78, 5) is 11.3. The molecule has 0 radical (unpaired) electrons. The Labute approximate surface area is 131 Å². The predicted octanol–water partition coefficient (Wildman–Crippen LogP) is 4.58. The first-order valence-electron chi connectivity index (χ1n) is 7.52. The zero-order valence-corrected chi connectivity index (χ0v) is 13.7. The molecule has 1 aliphatic carbocycles. The van der Waals surface area contributed by atoms with Gasteiger partial charge in [-0.2, -0.15) is 0 Å². The summed E-state index contributed by atoms with van der Waals surface area (Å²) < 4.78 is 0. The topological polar surface area (TPSA) is 63.3 Å². The van der Waals surface area contributed by atoms with E-state index in [0.717, 1.165) is 24.0 Å². The normalized spacial score (nSPS) is 17.3. The Morgan fingerprint density at radius 3 is 2.48 bits per heavy atom. The van der Waals surface area contributed by atoms with Gasteiger partial charge in [0, 0.05) is 0 Å². The van der Waals surface area contributed by atoms with Gasteiger partial charge in [0.05, 0.1) is 17.1 Å². The summed E-state index contributed by atoms with van der Waals surface area (Å²) in [5.74, 6) is -0.270. The average molecular weight is 310 g/mol.